The van der Waals surface area contributed by atoms with Crippen LogP contribution < -0.4 is 10.1 Å². The van der Waals surface area contributed by atoms with Gasteiger partial charge in [-0.15, -0.1) is 0 Å². The molecule has 1 aliphatic rings. The van der Waals surface area contributed by atoms with Crippen molar-refractivity contribution in [1.29, 1.82) is 0 Å². The van der Waals surface area contributed by atoms with Gasteiger partial charge in [0, 0.05) is 18.2 Å². The normalized spacial score (nSPS) is 16.2. The zero-order valence-electron chi connectivity index (χ0n) is 15.6. The maximum Gasteiger partial charge on any atom is 0.167 e. The average Bonchev–Trinajstić information content (AvgIpc) is 3.06. The van der Waals surface area contributed by atoms with Crippen molar-refractivity contribution in [3.63, 3.8) is 0 Å². The summed E-state index contributed by atoms with van der Waals surface area (Å²) in [7, 11) is 3.41. The number of halogens is 3. The largest absolute Gasteiger partial charge is 0.558 e. The molecule has 1 aliphatic heterocycles. The Hall–Kier alpha value is -2.71. The Morgan fingerprint density at radius 2 is 1.79 bits per heavy atom. The Kier molecular flexibility index (Phi) is 6.43. The first-order chi connectivity index (χ1) is 13.5. The molecule has 3 rings (SSSR count). The maximum absolute atomic E-state index is 13.9. The molecule has 1 atom stereocenters. The topological polar surface area (TPSA) is 47.8 Å². The van der Waals surface area contributed by atoms with E-state index in [-0.39, 0.29) is 18.2 Å². The lowest BCUT2D eigenvalue weighted by molar-refractivity contribution is 0.121. The fourth-order valence-corrected chi connectivity index (χ4v) is 2.80. The number of benzene rings is 2. The van der Waals surface area contributed by atoms with Crippen LogP contribution in [0.2, 0.25) is 0 Å². The standard InChI is InChI=1S/C20H21F3N3O2/c1-24-10-15-8-20(28-12-14-7-18(22)19(23)9-17(14)21)26(25-15)11-13-3-5-16(27-2)6-4-13/h3-9,15,24H,10-12H2,1-2H3/q-1. The highest BCUT2D eigenvalue weighted by atomic mass is 19.2. The number of nitrogens with one attached hydrogen (secondary N) is 1. The zero-order valence-corrected chi connectivity index (χ0v) is 15.6. The molecule has 28 heavy (non-hydrogen) atoms. The number of methoxy groups -OCH3 is 1. The second kappa shape index (κ2) is 8.99. The first-order valence-corrected chi connectivity index (χ1v) is 8.74. The van der Waals surface area contributed by atoms with Gasteiger partial charge in [0.05, 0.1) is 7.11 Å². The summed E-state index contributed by atoms with van der Waals surface area (Å²) >= 11 is 0. The zero-order chi connectivity index (χ0) is 20.1. The molecule has 0 amide bonds. The number of rotatable bonds is 8. The van der Waals surface area contributed by atoms with Crippen molar-refractivity contribution >= 4 is 0 Å². The van der Waals surface area contributed by atoms with E-state index in [0.29, 0.717) is 25.0 Å². The highest BCUT2D eigenvalue weighted by molar-refractivity contribution is 5.29. The maximum atomic E-state index is 13.9. The van der Waals surface area contributed by atoms with Crippen LogP contribution in [0.1, 0.15) is 11.1 Å². The van der Waals surface area contributed by atoms with Crippen molar-refractivity contribution in [3.05, 3.63) is 82.4 Å². The second-order valence-electron chi connectivity index (χ2n) is 6.30. The quantitative estimate of drug-likeness (QED) is 0.693. The van der Waals surface area contributed by atoms with E-state index < -0.39 is 17.5 Å². The molecule has 5 nitrogen and oxygen atoms in total. The lowest BCUT2D eigenvalue weighted by Gasteiger charge is -2.37. The van der Waals surface area contributed by atoms with Crippen molar-refractivity contribution < 1.29 is 22.6 Å². The molecule has 2 aromatic carbocycles. The molecule has 0 saturated heterocycles. The monoisotopic (exact) mass is 392 g/mol. The van der Waals surface area contributed by atoms with Gasteiger partial charge in [0.25, 0.3) is 0 Å². The van der Waals surface area contributed by atoms with Gasteiger partial charge < -0.3 is 25.2 Å². The molecule has 0 fully saturated rings. The summed E-state index contributed by atoms with van der Waals surface area (Å²) in [6.07, 6.45) is 1.80. The van der Waals surface area contributed by atoms with Crippen LogP contribution in [0.5, 0.6) is 5.75 Å². The Labute approximate surface area is 161 Å². The fraction of sp³-hybridized carbons (Fsp3) is 0.300. The fourth-order valence-electron chi connectivity index (χ4n) is 2.80. The van der Waals surface area contributed by atoms with Gasteiger partial charge in [0.1, 0.15) is 18.2 Å². The van der Waals surface area contributed by atoms with Gasteiger partial charge in [-0.05, 0) is 43.4 Å². The van der Waals surface area contributed by atoms with Crippen LogP contribution in [0.3, 0.4) is 0 Å². The van der Waals surface area contributed by atoms with Gasteiger partial charge in [-0.2, -0.15) is 0 Å². The molecule has 1 unspecified atom stereocenters. The van der Waals surface area contributed by atoms with Crippen LogP contribution >= 0.6 is 0 Å². The molecule has 0 spiro atoms. The van der Waals surface area contributed by atoms with Crippen molar-refractivity contribution in [2.45, 2.75) is 19.2 Å². The summed E-state index contributed by atoms with van der Waals surface area (Å²) in [5.74, 6) is -2.03. The van der Waals surface area contributed by atoms with Crippen molar-refractivity contribution in [2.75, 3.05) is 20.7 Å². The van der Waals surface area contributed by atoms with Crippen LogP contribution in [0.15, 0.2) is 48.4 Å². The Bertz CT molecular complexity index is 843. The van der Waals surface area contributed by atoms with Crippen LogP contribution in [0, 0.1) is 17.5 Å². The first kappa shape index (κ1) is 20.0. The number of nitrogens with zero attached hydrogens (tertiary/aromatic N) is 2. The van der Waals surface area contributed by atoms with Crippen molar-refractivity contribution in [3.8, 4) is 5.75 Å². The summed E-state index contributed by atoms with van der Waals surface area (Å²) in [5, 5.41) is 4.71. The minimum absolute atomic E-state index is 0.0683. The molecular weight excluding hydrogens is 371 g/mol. The van der Waals surface area contributed by atoms with Gasteiger partial charge in [0.2, 0.25) is 0 Å². The van der Waals surface area contributed by atoms with E-state index in [1.807, 2.05) is 31.3 Å². The molecule has 0 bridgehead atoms. The Morgan fingerprint density at radius 1 is 1.07 bits per heavy atom. The lowest BCUT2D eigenvalue weighted by Crippen LogP contribution is -2.23. The van der Waals surface area contributed by atoms with E-state index >= 15 is 0 Å². The SMILES string of the molecule is CNCC1C=C(OCc2cc(F)c(F)cc2F)N(Cc2ccc(OC)cc2)[N-]1. The van der Waals surface area contributed by atoms with Crippen LogP contribution in [-0.2, 0) is 17.9 Å². The van der Waals surface area contributed by atoms with Gasteiger partial charge >= 0.3 is 0 Å². The summed E-state index contributed by atoms with van der Waals surface area (Å²) in [4.78, 5) is 0. The predicted molar refractivity (Wildman–Crippen MR) is 98.8 cm³/mol. The van der Waals surface area contributed by atoms with Gasteiger partial charge in [-0.25, -0.2) is 13.2 Å². The molecule has 0 radical (unpaired) electrons. The minimum Gasteiger partial charge on any atom is -0.558 e. The number of hydrogen-bond donors (Lipinski definition) is 1. The summed E-state index contributed by atoms with van der Waals surface area (Å²) in [6, 6.07) is 8.68. The van der Waals surface area contributed by atoms with E-state index in [9.17, 15) is 13.2 Å². The van der Waals surface area contributed by atoms with Crippen molar-refractivity contribution in [1.82, 2.24) is 10.3 Å². The third kappa shape index (κ3) is 4.76. The van der Waals surface area contributed by atoms with Gasteiger partial charge in [0.15, 0.2) is 17.5 Å². The smallest absolute Gasteiger partial charge is 0.167 e. The van der Waals surface area contributed by atoms with Gasteiger partial charge in [-0.3, -0.25) is 0 Å². The molecule has 1 heterocycles. The molecule has 0 aromatic heterocycles. The third-order valence-corrected chi connectivity index (χ3v) is 4.25. The summed E-state index contributed by atoms with van der Waals surface area (Å²) in [6.45, 7) is 0.803. The van der Waals surface area contributed by atoms with E-state index in [1.165, 1.54) is 0 Å². The molecule has 0 saturated carbocycles. The van der Waals surface area contributed by atoms with Crippen LogP contribution in [0.25, 0.3) is 5.43 Å². The summed E-state index contributed by atoms with van der Waals surface area (Å²) in [5.41, 5.74) is 5.46. The minimum atomic E-state index is -1.23. The van der Waals surface area contributed by atoms with E-state index in [2.05, 4.69) is 10.7 Å². The molecule has 150 valence electrons. The van der Waals surface area contributed by atoms with Crippen LogP contribution in [-0.4, -0.2) is 31.8 Å². The number of ether oxygens (including phenoxy) is 2. The van der Waals surface area contributed by atoms with Gasteiger partial charge in [-0.1, -0.05) is 18.2 Å². The average molecular weight is 392 g/mol. The molecule has 2 aromatic rings. The van der Waals surface area contributed by atoms with Crippen molar-refractivity contribution in [2.24, 2.45) is 0 Å². The Morgan fingerprint density at radius 3 is 2.46 bits per heavy atom. The first-order valence-electron chi connectivity index (χ1n) is 8.74. The molecule has 8 heteroatoms. The molecule has 1 N–H and O–H groups in total. The highest BCUT2D eigenvalue weighted by Crippen LogP contribution is 2.28. The van der Waals surface area contributed by atoms with E-state index in [4.69, 9.17) is 9.47 Å². The molecular formula is C20H21F3N3O2-. The number of hydrogen-bond acceptors (Lipinski definition) is 4. The third-order valence-electron chi connectivity index (χ3n) is 4.25. The predicted octanol–water partition coefficient (Wildman–Crippen LogP) is 3.86. The molecule has 0 aliphatic carbocycles. The lowest BCUT2D eigenvalue weighted by atomic mass is 10.2. The highest BCUT2D eigenvalue weighted by Gasteiger charge is 2.16. The summed E-state index contributed by atoms with van der Waals surface area (Å²) < 4.78 is 51.2. The van der Waals surface area contributed by atoms with Crippen LogP contribution in [0.4, 0.5) is 13.2 Å². The van der Waals surface area contributed by atoms with E-state index in [1.54, 1.807) is 18.2 Å². The number of likely N-dealkylation sites (N-methyl/N-ethyl adjacent to an activating group) is 1. The second-order valence-corrected chi connectivity index (χ2v) is 6.30. The van der Waals surface area contributed by atoms with E-state index in [0.717, 1.165) is 17.4 Å². The Balaban J connectivity index is 1.71.